The van der Waals surface area contributed by atoms with Crippen molar-refractivity contribution >= 4 is 66.9 Å². The van der Waals surface area contributed by atoms with Gasteiger partial charge in [-0.05, 0) is 59.4 Å². The molecule has 0 amide bonds. The highest BCUT2D eigenvalue weighted by molar-refractivity contribution is 7.33. The Morgan fingerprint density at radius 1 is 0.694 bits per heavy atom. The molecule has 0 bridgehead atoms. The molecule has 0 fully saturated rings. The second-order valence-corrected chi connectivity index (χ2v) is 13.0. The molecule has 0 aliphatic heterocycles. The molecule has 0 radical (unpaired) electrons. The summed E-state index contributed by atoms with van der Waals surface area (Å²) in [5.41, 5.74) is 2.51. The number of hydrogen-bond donors (Lipinski definition) is 0. The van der Waals surface area contributed by atoms with Crippen LogP contribution in [0.5, 0.6) is 0 Å². The van der Waals surface area contributed by atoms with Crippen molar-refractivity contribution < 1.29 is 0 Å². The van der Waals surface area contributed by atoms with Crippen molar-refractivity contribution in [3.8, 4) is 31.6 Å². The minimum Gasteiger partial charge on any atom is -0.227 e. The molecule has 4 aromatic heterocycles. The molecule has 4 heterocycles. The predicted octanol–water partition coefficient (Wildman–Crippen LogP) is 10.2. The molecule has 0 aliphatic carbocycles. The second kappa shape index (κ2) is 10.6. The molecule has 0 aliphatic rings. The van der Waals surface area contributed by atoms with E-state index in [-0.39, 0.29) is 11.4 Å². The van der Waals surface area contributed by atoms with Crippen LogP contribution >= 0.6 is 45.3 Å². The summed E-state index contributed by atoms with van der Waals surface area (Å²) in [4.78, 5) is 13.3. The van der Waals surface area contributed by atoms with Gasteiger partial charge in [0.25, 0.3) is 11.4 Å². The fourth-order valence-electron chi connectivity index (χ4n) is 3.72. The molecule has 0 saturated carbocycles. The molecule has 0 atom stereocenters. The zero-order valence-corrected chi connectivity index (χ0v) is 23.3. The van der Waals surface area contributed by atoms with Crippen molar-refractivity contribution in [1.29, 1.82) is 10.5 Å². The van der Waals surface area contributed by atoms with Crippen LogP contribution in [-0.4, -0.2) is 0 Å². The SMILES string of the molecule is [C-]#[N+]/C(C#N)=C\c1sc(-c2cc3sc(-c4cc(C(C)C)c(/C=C(\C#N)[N+]#[C-])s4)cc3s2)cc1C(C)C. The van der Waals surface area contributed by atoms with Crippen LogP contribution in [-0.2, 0) is 0 Å². The quantitative estimate of drug-likeness (QED) is 0.180. The zero-order valence-electron chi connectivity index (χ0n) is 20.0. The Morgan fingerprint density at radius 2 is 1.06 bits per heavy atom. The Morgan fingerprint density at radius 3 is 1.36 bits per heavy atom. The lowest BCUT2D eigenvalue weighted by molar-refractivity contribution is 0.870. The van der Waals surface area contributed by atoms with Gasteiger partial charge in [-0.25, -0.2) is 20.2 Å². The summed E-state index contributed by atoms with van der Waals surface area (Å²) in [6.07, 6.45) is 3.40. The number of allylic oxidation sites excluding steroid dienone is 2. The van der Waals surface area contributed by atoms with Crippen LogP contribution in [0.25, 0.3) is 50.8 Å². The van der Waals surface area contributed by atoms with Gasteiger partial charge < -0.3 is 0 Å². The van der Waals surface area contributed by atoms with Gasteiger partial charge >= 0.3 is 0 Å². The van der Waals surface area contributed by atoms with Crippen molar-refractivity contribution in [2.75, 3.05) is 0 Å². The number of fused-ring (bicyclic) bond motifs is 1. The molecule has 8 heteroatoms. The first-order valence-corrected chi connectivity index (χ1v) is 14.3. The van der Waals surface area contributed by atoms with Crippen molar-refractivity contribution in [2.24, 2.45) is 0 Å². The van der Waals surface area contributed by atoms with Crippen LogP contribution in [0.3, 0.4) is 0 Å². The van der Waals surface area contributed by atoms with Gasteiger partial charge in [-0.2, -0.15) is 0 Å². The first kappa shape index (κ1) is 25.6. The third-order valence-electron chi connectivity index (χ3n) is 5.52. The van der Waals surface area contributed by atoms with E-state index in [9.17, 15) is 10.5 Å². The molecule has 0 unspecified atom stereocenters. The molecule has 0 aromatic carbocycles. The van der Waals surface area contributed by atoms with Crippen LogP contribution in [0.4, 0.5) is 0 Å². The molecule has 36 heavy (non-hydrogen) atoms. The highest BCUT2D eigenvalue weighted by Crippen LogP contribution is 2.47. The summed E-state index contributed by atoms with van der Waals surface area (Å²) in [6.45, 7) is 22.9. The Labute approximate surface area is 227 Å². The molecule has 4 nitrogen and oxygen atoms in total. The monoisotopic (exact) mass is 540 g/mol. The highest BCUT2D eigenvalue weighted by atomic mass is 32.1. The maximum atomic E-state index is 9.19. The van der Waals surface area contributed by atoms with Crippen molar-refractivity contribution in [3.05, 3.63) is 79.4 Å². The van der Waals surface area contributed by atoms with Crippen LogP contribution in [0.15, 0.2) is 35.7 Å². The molecule has 0 spiro atoms. The Hall–Kier alpha value is -3.50. The minimum absolute atomic E-state index is 0.103. The van der Waals surface area contributed by atoms with Gasteiger partial charge in [-0.1, -0.05) is 27.7 Å². The summed E-state index contributed by atoms with van der Waals surface area (Å²) in [5, 5.41) is 18.4. The fourth-order valence-corrected chi connectivity index (χ4v) is 8.76. The van der Waals surface area contributed by atoms with Crippen LogP contribution in [0.2, 0.25) is 0 Å². The lowest BCUT2D eigenvalue weighted by atomic mass is 10.0. The maximum Gasteiger partial charge on any atom is 0.263 e. The standard InChI is InChI=1S/C28H20N4S4/c1-15(2)19-9-23(33-21(19)7-17(13-29)31-5)25-11-27-28(35-25)12-26(36-27)24-10-20(16(3)4)22(34-24)8-18(14-30)32-6/h7-12,15-16H,1-4H3/b17-7-,18-8+. The van der Waals surface area contributed by atoms with Gasteiger partial charge in [0.15, 0.2) is 0 Å². The minimum atomic E-state index is 0.103. The summed E-state index contributed by atoms with van der Waals surface area (Å²) in [7, 11) is 0. The van der Waals surface area contributed by atoms with Crippen LogP contribution in [0.1, 0.15) is 60.4 Å². The maximum absolute atomic E-state index is 9.19. The average molecular weight is 541 g/mol. The largest absolute Gasteiger partial charge is 0.263 e. The number of nitrogens with zero attached hydrogens (tertiary/aromatic N) is 4. The van der Waals surface area contributed by atoms with E-state index in [2.05, 4.69) is 61.7 Å². The van der Waals surface area contributed by atoms with Crippen molar-refractivity contribution in [3.63, 3.8) is 0 Å². The number of hydrogen-bond acceptors (Lipinski definition) is 6. The number of rotatable bonds is 6. The van der Waals surface area contributed by atoms with E-state index in [1.807, 2.05) is 12.1 Å². The molecular formula is C28H20N4S4. The summed E-state index contributed by atoms with van der Waals surface area (Å²) in [5.74, 6) is 0.586. The molecule has 4 rings (SSSR count). The summed E-state index contributed by atoms with van der Waals surface area (Å²) >= 11 is 6.75. The summed E-state index contributed by atoms with van der Waals surface area (Å²) < 4.78 is 2.44. The lowest BCUT2D eigenvalue weighted by Crippen LogP contribution is -1.85. The van der Waals surface area contributed by atoms with Gasteiger partial charge in [0, 0.05) is 38.7 Å². The average Bonchev–Trinajstić information content (AvgIpc) is 3.62. The molecular weight excluding hydrogens is 521 g/mol. The lowest BCUT2D eigenvalue weighted by Gasteiger charge is -2.02. The molecule has 176 valence electrons. The van der Waals surface area contributed by atoms with E-state index in [0.717, 1.165) is 30.6 Å². The van der Waals surface area contributed by atoms with Crippen LogP contribution < -0.4 is 0 Å². The molecule has 4 aromatic rings. The number of nitriles is 2. The predicted molar refractivity (Wildman–Crippen MR) is 155 cm³/mol. The first-order chi connectivity index (χ1) is 17.3. The van der Waals surface area contributed by atoms with E-state index in [4.69, 9.17) is 13.1 Å². The molecule has 0 saturated heterocycles. The van der Waals surface area contributed by atoms with Gasteiger partial charge in [0.05, 0.1) is 25.3 Å². The van der Waals surface area contributed by atoms with Crippen LogP contribution in [0, 0.1) is 35.8 Å². The third-order valence-corrected chi connectivity index (χ3v) is 10.4. The normalized spacial score (nSPS) is 12.1. The smallest absolute Gasteiger partial charge is 0.227 e. The first-order valence-electron chi connectivity index (χ1n) is 11.1. The van der Waals surface area contributed by atoms with E-state index < -0.39 is 0 Å². The van der Waals surface area contributed by atoms with E-state index in [1.165, 1.54) is 19.2 Å². The third kappa shape index (κ3) is 5.05. The van der Waals surface area contributed by atoms with Gasteiger partial charge in [-0.3, -0.25) is 0 Å². The highest BCUT2D eigenvalue weighted by Gasteiger charge is 2.18. The Bertz CT molecular complexity index is 1500. The molecule has 0 N–H and O–H groups in total. The van der Waals surface area contributed by atoms with Gasteiger partial charge in [-0.15, -0.1) is 45.3 Å². The summed E-state index contributed by atoms with van der Waals surface area (Å²) in [6, 6.07) is 12.8. The zero-order chi connectivity index (χ0) is 26.0. The van der Waals surface area contributed by atoms with Gasteiger partial charge in [0.1, 0.15) is 0 Å². The number of thiophene rings is 4. The van der Waals surface area contributed by atoms with Gasteiger partial charge in [0.2, 0.25) is 0 Å². The van der Waals surface area contributed by atoms with E-state index in [1.54, 1.807) is 57.5 Å². The second-order valence-electron chi connectivity index (χ2n) is 8.63. The topological polar surface area (TPSA) is 56.3 Å². The van der Waals surface area contributed by atoms with E-state index in [0.29, 0.717) is 11.8 Å². The fraction of sp³-hybridized carbons (Fsp3) is 0.214. The van der Waals surface area contributed by atoms with E-state index >= 15 is 0 Å². The van der Waals surface area contributed by atoms with Crippen molar-refractivity contribution in [1.82, 2.24) is 0 Å². The Kier molecular flexibility index (Phi) is 7.56. The Balaban J connectivity index is 1.72. The van der Waals surface area contributed by atoms with Crippen molar-refractivity contribution in [2.45, 2.75) is 39.5 Å².